The summed E-state index contributed by atoms with van der Waals surface area (Å²) in [6.45, 7) is 10.1. The number of aryl methyl sites for hydroxylation is 4. The van der Waals surface area contributed by atoms with E-state index in [-0.39, 0.29) is 5.91 Å². The molecular weight excluding hydrogens is 316 g/mol. The van der Waals surface area contributed by atoms with Gasteiger partial charge in [0.2, 0.25) is 5.91 Å². The number of rotatable bonds is 5. The maximum atomic E-state index is 12.5. The Labute approximate surface area is 148 Å². The zero-order valence-corrected chi connectivity index (χ0v) is 15.6. The van der Waals surface area contributed by atoms with Crippen LogP contribution in [0.3, 0.4) is 0 Å². The maximum absolute atomic E-state index is 12.5. The van der Waals surface area contributed by atoms with Crippen LogP contribution in [0.1, 0.15) is 42.0 Å². The van der Waals surface area contributed by atoms with Gasteiger partial charge in [0.1, 0.15) is 0 Å². The number of aromatic nitrogens is 4. The number of anilines is 1. The number of hydrogen-bond acceptors (Lipinski definition) is 4. The number of piperidine rings is 1. The highest BCUT2D eigenvalue weighted by molar-refractivity contribution is 5.93. The van der Waals surface area contributed by atoms with Crippen LogP contribution in [-0.2, 0) is 11.3 Å². The van der Waals surface area contributed by atoms with Gasteiger partial charge in [0.15, 0.2) is 0 Å². The third-order valence-electron chi connectivity index (χ3n) is 4.98. The summed E-state index contributed by atoms with van der Waals surface area (Å²) >= 11 is 0. The average Bonchev–Trinajstić information content (AvgIpc) is 3.04. The van der Waals surface area contributed by atoms with E-state index in [1.54, 1.807) is 0 Å². The third kappa shape index (κ3) is 4.10. The van der Waals surface area contributed by atoms with E-state index in [1.165, 1.54) is 12.1 Å². The second-order valence-corrected chi connectivity index (χ2v) is 7.09. The molecule has 1 saturated heterocycles. The summed E-state index contributed by atoms with van der Waals surface area (Å²) in [6.07, 6.45) is 3.46. The predicted molar refractivity (Wildman–Crippen MR) is 97.6 cm³/mol. The van der Waals surface area contributed by atoms with Crippen LogP contribution in [0.4, 0.5) is 5.69 Å². The quantitative estimate of drug-likeness (QED) is 0.872. The molecule has 0 spiro atoms. The van der Waals surface area contributed by atoms with Gasteiger partial charge >= 0.3 is 0 Å². The molecule has 2 N–H and O–H groups in total. The molecule has 0 aromatic carbocycles. The molecule has 1 atom stereocenters. The lowest BCUT2D eigenvalue weighted by atomic mass is 10.0. The van der Waals surface area contributed by atoms with Crippen LogP contribution in [0.5, 0.6) is 0 Å². The second-order valence-electron chi connectivity index (χ2n) is 7.09. The van der Waals surface area contributed by atoms with E-state index in [2.05, 4.69) is 43.2 Å². The van der Waals surface area contributed by atoms with Gasteiger partial charge in [-0.3, -0.25) is 19.5 Å². The number of nitrogens with one attached hydrogen (secondary N) is 2. The molecule has 0 aliphatic carbocycles. The van der Waals surface area contributed by atoms with Crippen molar-refractivity contribution in [2.75, 3.05) is 18.4 Å². The van der Waals surface area contributed by atoms with Crippen molar-refractivity contribution in [3.05, 3.63) is 28.8 Å². The first kappa shape index (κ1) is 17.7. The lowest BCUT2D eigenvalue weighted by Crippen LogP contribution is -2.46. The topological polar surface area (TPSA) is 78.8 Å². The van der Waals surface area contributed by atoms with Crippen LogP contribution in [0, 0.1) is 27.7 Å². The highest BCUT2D eigenvalue weighted by Gasteiger charge is 2.25. The van der Waals surface area contributed by atoms with E-state index in [1.807, 2.05) is 20.8 Å². The molecule has 0 radical (unpaired) electrons. The van der Waals surface area contributed by atoms with Gasteiger partial charge in [-0.1, -0.05) is 6.42 Å². The minimum absolute atomic E-state index is 0.0212. The molecule has 7 heteroatoms. The molecule has 1 amide bonds. The Morgan fingerprint density at radius 2 is 2.12 bits per heavy atom. The summed E-state index contributed by atoms with van der Waals surface area (Å²) in [5.41, 5.74) is 4.74. The number of carbonyl (C=O) groups is 1. The number of carbonyl (C=O) groups excluding carboxylic acids is 1. The van der Waals surface area contributed by atoms with Crippen LogP contribution in [0.2, 0.25) is 0 Å². The van der Waals surface area contributed by atoms with Gasteiger partial charge in [-0.25, -0.2) is 0 Å². The van der Waals surface area contributed by atoms with Crippen LogP contribution in [-0.4, -0.2) is 49.9 Å². The highest BCUT2D eigenvalue weighted by atomic mass is 16.2. The van der Waals surface area contributed by atoms with E-state index in [0.717, 1.165) is 48.7 Å². The summed E-state index contributed by atoms with van der Waals surface area (Å²) in [5, 5.41) is 14.6. The zero-order chi connectivity index (χ0) is 18.0. The van der Waals surface area contributed by atoms with Gasteiger partial charge in [-0.05, 0) is 53.1 Å². The molecule has 0 unspecified atom stereocenters. The van der Waals surface area contributed by atoms with Crippen LogP contribution in [0.15, 0.2) is 6.07 Å². The monoisotopic (exact) mass is 344 g/mol. The molecule has 2 aromatic rings. The molecule has 0 saturated carbocycles. The normalized spacial score (nSPS) is 18.5. The molecule has 25 heavy (non-hydrogen) atoms. The van der Waals surface area contributed by atoms with Gasteiger partial charge in [0.25, 0.3) is 0 Å². The summed E-state index contributed by atoms with van der Waals surface area (Å²) < 4.78 is 2.07. The second kappa shape index (κ2) is 7.39. The van der Waals surface area contributed by atoms with Crippen molar-refractivity contribution in [1.29, 1.82) is 0 Å². The van der Waals surface area contributed by atoms with E-state index >= 15 is 0 Å². The molecule has 1 aliphatic rings. The number of nitrogens with zero attached hydrogens (tertiary/aromatic N) is 4. The van der Waals surface area contributed by atoms with E-state index in [0.29, 0.717) is 12.6 Å². The SMILES string of the molecule is Cc1cc(C)n(C[C@H]2CCCCN2CC(=O)Nc2c(C)n[nH]c2C)n1. The Morgan fingerprint density at radius 3 is 2.76 bits per heavy atom. The van der Waals surface area contributed by atoms with Crippen molar-refractivity contribution < 1.29 is 4.79 Å². The zero-order valence-electron chi connectivity index (χ0n) is 15.6. The summed E-state index contributed by atoms with van der Waals surface area (Å²) in [7, 11) is 0. The van der Waals surface area contributed by atoms with Gasteiger partial charge in [-0.15, -0.1) is 0 Å². The summed E-state index contributed by atoms with van der Waals surface area (Å²) in [6, 6.07) is 2.45. The molecule has 3 rings (SSSR count). The van der Waals surface area contributed by atoms with Crippen molar-refractivity contribution in [3.8, 4) is 0 Å². The molecular formula is C18H28N6O. The van der Waals surface area contributed by atoms with Crippen LogP contribution >= 0.6 is 0 Å². The van der Waals surface area contributed by atoms with Crippen molar-refractivity contribution in [1.82, 2.24) is 24.9 Å². The molecule has 1 aliphatic heterocycles. The fourth-order valence-corrected chi connectivity index (χ4v) is 3.63. The van der Waals surface area contributed by atoms with Gasteiger partial charge in [0.05, 0.1) is 35.9 Å². The average molecular weight is 344 g/mol. The molecule has 2 aromatic heterocycles. The minimum atomic E-state index is 0.0212. The standard InChI is InChI=1S/C18H28N6O/c1-12-9-13(2)24(22-12)10-16-7-5-6-8-23(16)11-17(25)19-18-14(3)20-21-15(18)4/h9,16H,5-8,10-11H2,1-4H3,(H,19,25)(H,20,21)/t16-/m1/s1. The number of H-pyrrole nitrogens is 1. The van der Waals surface area contributed by atoms with Gasteiger partial charge in [0, 0.05) is 11.7 Å². The fraction of sp³-hybridized carbons (Fsp3) is 0.611. The third-order valence-corrected chi connectivity index (χ3v) is 4.98. The Balaban J connectivity index is 1.64. The van der Waals surface area contributed by atoms with Gasteiger partial charge < -0.3 is 5.32 Å². The first-order valence-electron chi connectivity index (χ1n) is 9.00. The van der Waals surface area contributed by atoms with Crippen LogP contribution < -0.4 is 5.32 Å². The first-order valence-corrected chi connectivity index (χ1v) is 9.00. The first-order chi connectivity index (χ1) is 11.9. The van der Waals surface area contributed by atoms with E-state index in [4.69, 9.17) is 0 Å². The fourth-order valence-electron chi connectivity index (χ4n) is 3.63. The Kier molecular flexibility index (Phi) is 5.22. The molecule has 1 fully saturated rings. The Morgan fingerprint density at radius 1 is 1.32 bits per heavy atom. The van der Waals surface area contributed by atoms with E-state index < -0.39 is 0 Å². The van der Waals surface area contributed by atoms with E-state index in [9.17, 15) is 4.79 Å². The molecule has 0 bridgehead atoms. The Hall–Kier alpha value is -2.15. The van der Waals surface area contributed by atoms with Crippen molar-refractivity contribution in [3.63, 3.8) is 0 Å². The van der Waals surface area contributed by atoms with Crippen LogP contribution in [0.25, 0.3) is 0 Å². The largest absolute Gasteiger partial charge is 0.322 e. The summed E-state index contributed by atoms with van der Waals surface area (Å²) in [5.74, 6) is 0.0212. The lowest BCUT2D eigenvalue weighted by molar-refractivity contribution is -0.118. The van der Waals surface area contributed by atoms with Gasteiger partial charge in [-0.2, -0.15) is 10.2 Å². The highest BCUT2D eigenvalue weighted by Crippen LogP contribution is 2.20. The molecule has 7 nitrogen and oxygen atoms in total. The van der Waals surface area contributed by atoms with Crippen molar-refractivity contribution in [2.45, 2.75) is 59.5 Å². The van der Waals surface area contributed by atoms with Crippen molar-refractivity contribution in [2.24, 2.45) is 0 Å². The number of aromatic amines is 1. The maximum Gasteiger partial charge on any atom is 0.238 e. The van der Waals surface area contributed by atoms with Crippen molar-refractivity contribution >= 4 is 11.6 Å². The predicted octanol–water partition coefficient (Wildman–Crippen LogP) is 2.33. The minimum Gasteiger partial charge on any atom is -0.322 e. The lowest BCUT2D eigenvalue weighted by Gasteiger charge is -2.35. The number of amides is 1. The Bertz CT molecular complexity index is 727. The smallest absolute Gasteiger partial charge is 0.238 e. The number of hydrogen-bond donors (Lipinski definition) is 2. The molecule has 136 valence electrons. The number of likely N-dealkylation sites (tertiary alicyclic amines) is 1. The summed E-state index contributed by atoms with van der Waals surface area (Å²) in [4.78, 5) is 14.8. The molecule has 3 heterocycles.